The van der Waals surface area contributed by atoms with Crippen molar-refractivity contribution >= 4 is 0 Å². The summed E-state index contributed by atoms with van der Waals surface area (Å²) in [4.78, 5) is 0. The summed E-state index contributed by atoms with van der Waals surface area (Å²) in [5.41, 5.74) is 6.46. The van der Waals surface area contributed by atoms with E-state index in [-0.39, 0.29) is 0 Å². The summed E-state index contributed by atoms with van der Waals surface area (Å²) in [6.07, 6.45) is 0.476. The predicted molar refractivity (Wildman–Crippen MR) is 56.8 cm³/mol. The highest BCUT2D eigenvalue weighted by Crippen LogP contribution is 2.25. The molecule has 0 heterocycles. The number of hydrogen-bond donors (Lipinski definition) is 1. The Bertz CT molecular complexity index is 371. The molecule has 0 aliphatic rings. The van der Waals surface area contributed by atoms with Gasteiger partial charge in [0.15, 0.2) is 0 Å². The van der Waals surface area contributed by atoms with Crippen LogP contribution in [0.25, 0.3) is 0 Å². The molecule has 80 valence electrons. The van der Waals surface area contributed by atoms with Gasteiger partial charge in [0, 0.05) is 12.5 Å². The maximum Gasteiger partial charge on any atom is 0.125 e. The zero-order valence-electron chi connectivity index (χ0n) is 8.86. The molecule has 1 aromatic rings. The lowest BCUT2D eigenvalue weighted by Crippen LogP contribution is -2.20. The molecule has 0 aliphatic heterocycles. The van der Waals surface area contributed by atoms with Gasteiger partial charge in [0.05, 0.1) is 26.3 Å². The molecule has 0 aromatic heterocycles. The first-order valence-electron chi connectivity index (χ1n) is 4.57. The number of nitriles is 1. The summed E-state index contributed by atoms with van der Waals surface area (Å²) < 4.78 is 10.3. The van der Waals surface area contributed by atoms with Crippen molar-refractivity contribution in [1.82, 2.24) is 0 Å². The molecule has 0 bridgehead atoms. The van der Waals surface area contributed by atoms with Crippen LogP contribution in [0.5, 0.6) is 11.5 Å². The molecule has 15 heavy (non-hydrogen) atoms. The Labute approximate surface area is 89.2 Å². The Kier molecular flexibility index (Phi) is 3.95. The molecule has 0 spiro atoms. The smallest absolute Gasteiger partial charge is 0.125 e. The van der Waals surface area contributed by atoms with Gasteiger partial charge in [0.25, 0.3) is 0 Å². The second kappa shape index (κ2) is 5.23. The third-order valence-electron chi connectivity index (χ3n) is 2.10. The van der Waals surface area contributed by atoms with Gasteiger partial charge in [-0.2, -0.15) is 5.26 Å². The van der Waals surface area contributed by atoms with Crippen LogP contribution in [0.15, 0.2) is 18.2 Å². The Morgan fingerprint density at radius 1 is 1.40 bits per heavy atom. The van der Waals surface area contributed by atoms with Crippen molar-refractivity contribution in [2.75, 3.05) is 14.2 Å². The van der Waals surface area contributed by atoms with Gasteiger partial charge in [0.1, 0.15) is 11.5 Å². The third-order valence-corrected chi connectivity index (χ3v) is 2.10. The lowest BCUT2D eigenvalue weighted by molar-refractivity contribution is 0.390. The van der Waals surface area contributed by atoms with Crippen molar-refractivity contribution in [3.8, 4) is 17.6 Å². The fourth-order valence-corrected chi connectivity index (χ4v) is 1.30. The van der Waals surface area contributed by atoms with Gasteiger partial charge >= 0.3 is 0 Å². The fraction of sp³-hybridized carbons (Fsp3) is 0.364. The van der Waals surface area contributed by atoms with Gasteiger partial charge in [-0.1, -0.05) is 6.07 Å². The van der Waals surface area contributed by atoms with E-state index in [1.165, 1.54) is 0 Å². The van der Waals surface area contributed by atoms with Crippen molar-refractivity contribution in [3.05, 3.63) is 23.8 Å². The van der Waals surface area contributed by atoms with Crippen molar-refractivity contribution in [2.24, 2.45) is 5.73 Å². The van der Waals surface area contributed by atoms with E-state index in [1.807, 2.05) is 18.2 Å². The number of methoxy groups -OCH3 is 2. The largest absolute Gasteiger partial charge is 0.497 e. The molecular formula is C11H14N2O2. The van der Waals surface area contributed by atoms with E-state index in [4.69, 9.17) is 20.5 Å². The Hall–Kier alpha value is -1.73. The minimum absolute atomic E-state index is 0.476. The van der Waals surface area contributed by atoms with Crippen molar-refractivity contribution in [3.63, 3.8) is 0 Å². The highest BCUT2D eigenvalue weighted by molar-refractivity contribution is 5.41. The van der Waals surface area contributed by atoms with Gasteiger partial charge in [-0.25, -0.2) is 0 Å². The first-order chi connectivity index (χ1) is 7.21. The summed E-state index contributed by atoms with van der Waals surface area (Å²) in [5.74, 6) is 1.42. The Morgan fingerprint density at radius 3 is 2.67 bits per heavy atom. The number of hydrogen-bond acceptors (Lipinski definition) is 4. The molecule has 1 atom stereocenters. The van der Waals surface area contributed by atoms with Gasteiger partial charge in [-0.05, 0) is 11.6 Å². The highest BCUT2D eigenvalue weighted by Gasteiger charge is 2.08. The van der Waals surface area contributed by atoms with Gasteiger partial charge < -0.3 is 15.2 Å². The molecular weight excluding hydrogens is 192 g/mol. The molecule has 0 amide bonds. The summed E-state index contributed by atoms with van der Waals surface area (Å²) in [6, 6.07) is 6.93. The zero-order valence-corrected chi connectivity index (χ0v) is 8.86. The molecule has 4 heteroatoms. The van der Waals surface area contributed by atoms with E-state index < -0.39 is 6.04 Å². The molecule has 0 fully saturated rings. The zero-order chi connectivity index (χ0) is 11.3. The number of nitrogens with zero attached hydrogens (tertiary/aromatic N) is 1. The van der Waals surface area contributed by atoms with E-state index in [0.29, 0.717) is 12.2 Å². The fourth-order valence-electron chi connectivity index (χ4n) is 1.30. The molecule has 1 unspecified atom stereocenters. The topological polar surface area (TPSA) is 68.3 Å². The molecule has 0 saturated heterocycles. The third kappa shape index (κ3) is 2.86. The van der Waals surface area contributed by atoms with Gasteiger partial charge in [-0.3, -0.25) is 0 Å². The first kappa shape index (κ1) is 11.3. The van der Waals surface area contributed by atoms with Crippen molar-refractivity contribution < 1.29 is 9.47 Å². The van der Waals surface area contributed by atoms with Crippen LogP contribution < -0.4 is 15.2 Å². The highest BCUT2D eigenvalue weighted by atomic mass is 16.5. The van der Waals surface area contributed by atoms with Crippen molar-refractivity contribution in [1.29, 1.82) is 5.26 Å². The summed E-state index contributed by atoms with van der Waals surface area (Å²) >= 11 is 0. The lowest BCUT2D eigenvalue weighted by Gasteiger charge is -2.10. The number of nitrogens with two attached hydrogens (primary N) is 1. The molecule has 4 nitrogen and oxygen atoms in total. The number of rotatable bonds is 4. The standard InChI is InChI=1S/C11H14N2O2/c1-14-10-4-3-8(5-9(13)7-12)11(6-10)15-2/h3-4,6,9H,5,13H2,1-2H3. The summed E-state index contributed by atoms with van der Waals surface area (Å²) in [6.45, 7) is 0. The van der Waals surface area contributed by atoms with Crippen LogP contribution in [0.3, 0.4) is 0 Å². The van der Waals surface area contributed by atoms with E-state index in [1.54, 1.807) is 20.3 Å². The molecule has 2 N–H and O–H groups in total. The Morgan fingerprint density at radius 2 is 2.13 bits per heavy atom. The second-order valence-electron chi connectivity index (χ2n) is 3.12. The molecule has 0 saturated carbocycles. The van der Waals surface area contributed by atoms with Crippen LogP contribution in [0.4, 0.5) is 0 Å². The van der Waals surface area contributed by atoms with Crippen LogP contribution >= 0.6 is 0 Å². The maximum absolute atomic E-state index is 8.62. The normalized spacial score (nSPS) is 11.6. The summed E-state index contributed by atoms with van der Waals surface area (Å²) in [7, 11) is 3.17. The SMILES string of the molecule is COc1ccc(CC(N)C#N)c(OC)c1. The minimum Gasteiger partial charge on any atom is -0.497 e. The number of benzene rings is 1. The molecule has 0 radical (unpaired) electrons. The molecule has 0 aliphatic carbocycles. The average Bonchev–Trinajstić information content (AvgIpc) is 2.29. The number of ether oxygens (including phenoxy) is 2. The van der Waals surface area contributed by atoms with E-state index in [9.17, 15) is 0 Å². The van der Waals surface area contributed by atoms with Crippen LogP contribution in [0.2, 0.25) is 0 Å². The van der Waals surface area contributed by atoms with Crippen molar-refractivity contribution in [2.45, 2.75) is 12.5 Å². The van der Waals surface area contributed by atoms with Crippen LogP contribution in [-0.2, 0) is 6.42 Å². The lowest BCUT2D eigenvalue weighted by atomic mass is 10.1. The predicted octanol–water partition coefficient (Wildman–Crippen LogP) is 1.10. The maximum atomic E-state index is 8.62. The van der Waals surface area contributed by atoms with E-state index >= 15 is 0 Å². The van der Waals surface area contributed by atoms with Crippen LogP contribution in [-0.4, -0.2) is 20.3 Å². The minimum atomic E-state index is -0.507. The van der Waals surface area contributed by atoms with E-state index in [0.717, 1.165) is 11.3 Å². The van der Waals surface area contributed by atoms with Gasteiger partial charge in [0.2, 0.25) is 0 Å². The van der Waals surface area contributed by atoms with Crippen LogP contribution in [0.1, 0.15) is 5.56 Å². The van der Waals surface area contributed by atoms with Crippen LogP contribution in [0, 0.1) is 11.3 Å². The quantitative estimate of drug-likeness (QED) is 0.800. The first-order valence-corrected chi connectivity index (χ1v) is 4.57. The monoisotopic (exact) mass is 206 g/mol. The summed E-state index contributed by atoms with van der Waals surface area (Å²) in [5, 5.41) is 8.62. The molecule has 1 rings (SSSR count). The average molecular weight is 206 g/mol. The van der Waals surface area contributed by atoms with E-state index in [2.05, 4.69) is 0 Å². The second-order valence-corrected chi connectivity index (χ2v) is 3.12. The molecule has 1 aromatic carbocycles. The Balaban J connectivity index is 2.93. The van der Waals surface area contributed by atoms with Gasteiger partial charge in [-0.15, -0.1) is 0 Å².